The molecule has 0 aliphatic carbocycles. The maximum absolute atomic E-state index is 4.19. The van der Waals surface area contributed by atoms with Crippen molar-refractivity contribution in [2.45, 2.75) is 18.0 Å². The first-order valence-electron chi connectivity index (χ1n) is 5.05. The fourth-order valence-electron chi connectivity index (χ4n) is 1.62. The molecule has 1 fully saturated rings. The van der Waals surface area contributed by atoms with Crippen molar-refractivity contribution in [1.82, 2.24) is 15.3 Å². The van der Waals surface area contributed by atoms with Crippen LogP contribution in [0, 0.1) is 5.92 Å². The van der Waals surface area contributed by atoms with Crippen LogP contribution in [-0.2, 0) is 0 Å². The Kier molecular flexibility index (Phi) is 3.77. The molecule has 1 atom stereocenters. The Morgan fingerprint density at radius 3 is 3.00 bits per heavy atom. The Balaban J connectivity index is 1.76. The van der Waals surface area contributed by atoms with E-state index in [9.17, 15) is 0 Å². The van der Waals surface area contributed by atoms with Crippen LogP contribution in [0.15, 0.2) is 23.6 Å². The van der Waals surface area contributed by atoms with E-state index in [4.69, 9.17) is 0 Å². The summed E-state index contributed by atoms with van der Waals surface area (Å²) in [6, 6.07) is 1.85. The van der Waals surface area contributed by atoms with Crippen LogP contribution in [-0.4, -0.2) is 28.8 Å². The summed E-state index contributed by atoms with van der Waals surface area (Å²) >= 11 is 1.76. The normalized spacial score (nSPS) is 22.1. The SMILES string of the molecule is c1cnc(SC[C@H]2CCCNC2)nc1. The predicted octanol–water partition coefficient (Wildman–Crippen LogP) is 1.57. The molecular weight excluding hydrogens is 194 g/mol. The molecule has 1 aromatic heterocycles. The topological polar surface area (TPSA) is 37.8 Å². The van der Waals surface area contributed by atoms with Crippen molar-refractivity contribution in [2.75, 3.05) is 18.8 Å². The van der Waals surface area contributed by atoms with Gasteiger partial charge in [-0.3, -0.25) is 0 Å². The van der Waals surface area contributed by atoms with Gasteiger partial charge < -0.3 is 5.32 Å². The number of hydrogen-bond acceptors (Lipinski definition) is 4. The molecule has 3 nitrogen and oxygen atoms in total. The second-order valence-electron chi connectivity index (χ2n) is 3.55. The van der Waals surface area contributed by atoms with Crippen LogP contribution in [0.5, 0.6) is 0 Å². The zero-order valence-corrected chi connectivity index (χ0v) is 8.96. The fourth-order valence-corrected chi connectivity index (χ4v) is 2.56. The van der Waals surface area contributed by atoms with Crippen molar-refractivity contribution in [3.8, 4) is 0 Å². The molecule has 1 aliphatic rings. The lowest BCUT2D eigenvalue weighted by Gasteiger charge is -2.21. The average molecular weight is 209 g/mol. The molecule has 0 spiro atoms. The van der Waals surface area contributed by atoms with Gasteiger partial charge in [-0.15, -0.1) is 0 Å². The first-order chi connectivity index (χ1) is 6.95. The van der Waals surface area contributed by atoms with Gasteiger partial charge in [0.1, 0.15) is 0 Å². The van der Waals surface area contributed by atoms with Gasteiger partial charge in [0.25, 0.3) is 0 Å². The first kappa shape index (κ1) is 9.93. The third-order valence-corrected chi connectivity index (χ3v) is 3.50. The lowest BCUT2D eigenvalue weighted by atomic mass is 10.0. The number of nitrogens with one attached hydrogen (secondary N) is 1. The van der Waals surface area contributed by atoms with Crippen LogP contribution in [0.2, 0.25) is 0 Å². The number of hydrogen-bond donors (Lipinski definition) is 1. The largest absolute Gasteiger partial charge is 0.316 e. The minimum Gasteiger partial charge on any atom is -0.316 e. The molecular formula is C10H15N3S. The van der Waals surface area contributed by atoms with Gasteiger partial charge in [0, 0.05) is 18.1 Å². The summed E-state index contributed by atoms with van der Waals surface area (Å²) in [7, 11) is 0. The van der Waals surface area contributed by atoms with E-state index in [1.54, 1.807) is 24.2 Å². The molecule has 0 bridgehead atoms. The molecule has 2 heterocycles. The highest BCUT2D eigenvalue weighted by Gasteiger charge is 2.13. The van der Waals surface area contributed by atoms with Gasteiger partial charge in [-0.2, -0.15) is 0 Å². The van der Waals surface area contributed by atoms with Gasteiger partial charge >= 0.3 is 0 Å². The zero-order valence-electron chi connectivity index (χ0n) is 8.15. The van der Waals surface area contributed by atoms with E-state index in [2.05, 4.69) is 15.3 Å². The van der Waals surface area contributed by atoms with E-state index in [-0.39, 0.29) is 0 Å². The van der Waals surface area contributed by atoms with E-state index < -0.39 is 0 Å². The first-order valence-corrected chi connectivity index (χ1v) is 6.04. The summed E-state index contributed by atoms with van der Waals surface area (Å²) in [5.74, 6) is 1.93. The van der Waals surface area contributed by atoms with E-state index in [1.807, 2.05) is 6.07 Å². The molecule has 76 valence electrons. The van der Waals surface area contributed by atoms with E-state index in [0.29, 0.717) is 0 Å². The monoisotopic (exact) mass is 209 g/mol. The van der Waals surface area contributed by atoms with Crippen molar-refractivity contribution < 1.29 is 0 Å². The summed E-state index contributed by atoms with van der Waals surface area (Å²) in [6.45, 7) is 2.34. The highest BCUT2D eigenvalue weighted by atomic mass is 32.2. The minimum atomic E-state index is 0.789. The maximum atomic E-state index is 4.19. The zero-order chi connectivity index (χ0) is 9.64. The van der Waals surface area contributed by atoms with Crippen LogP contribution in [0.3, 0.4) is 0 Å². The minimum absolute atomic E-state index is 0.789. The third-order valence-electron chi connectivity index (χ3n) is 2.39. The van der Waals surface area contributed by atoms with Crippen molar-refractivity contribution in [3.63, 3.8) is 0 Å². The van der Waals surface area contributed by atoms with Crippen LogP contribution in [0.1, 0.15) is 12.8 Å². The van der Waals surface area contributed by atoms with Crippen LogP contribution < -0.4 is 5.32 Å². The fraction of sp³-hybridized carbons (Fsp3) is 0.600. The summed E-state index contributed by atoms with van der Waals surface area (Å²) in [4.78, 5) is 8.39. The van der Waals surface area contributed by atoms with Crippen molar-refractivity contribution in [1.29, 1.82) is 0 Å². The lowest BCUT2D eigenvalue weighted by molar-refractivity contribution is 0.410. The number of thioether (sulfide) groups is 1. The molecule has 14 heavy (non-hydrogen) atoms. The highest BCUT2D eigenvalue weighted by Crippen LogP contribution is 2.20. The van der Waals surface area contributed by atoms with Crippen LogP contribution >= 0.6 is 11.8 Å². The standard InChI is InChI=1S/C10H15N3S/c1-3-9(7-11-4-1)8-14-10-12-5-2-6-13-10/h2,5-6,9,11H,1,3-4,7-8H2/t9-/m0/s1. The summed E-state index contributed by atoms with van der Waals surface area (Å²) in [5.41, 5.74) is 0. The molecule has 1 aromatic rings. The van der Waals surface area contributed by atoms with Gasteiger partial charge in [0.05, 0.1) is 0 Å². The maximum Gasteiger partial charge on any atom is 0.187 e. The second-order valence-corrected chi connectivity index (χ2v) is 4.54. The summed E-state index contributed by atoms with van der Waals surface area (Å²) in [6.07, 6.45) is 6.25. The second kappa shape index (κ2) is 5.32. The van der Waals surface area contributed by atoms with E-state index >= 15 is 0 Å². The average Bonchev–Trinajstić information content (AvgIpc) is 2.29. The van der Waals surface area contributed by atoms with Crippen LogP contribution in [0.25, 0.3) is 0 Å². The molecule has 0 amide bonds. The number of piperidine rings is 1. The molecule has 0 saturated carbocycles. The van der Waals surface area contributed by atoms with E-state index in [1.165, 1.54) is 19.4 Å². The molecule has 1 aliphatic heterocycles. The molecule has 0 unspecified atom stereocenters. The van der Waals surface area contributed by atoms with Gasteiger partial charge in [-0.1, -0.05) is 11.8 Å². The molecule has 0 aromatic carbocycles. The molecule has 1 N–H and O–H groups in total. The van der Waals surface area contributed by atoms with Crippen molar-refractivity contribution >= 4 is 11.8 Å². The van der Waals surface area contributed by atoms with Gasteiger partial charge in [-0.05, 0) is 37.9 Å². The summed E-state index contributed by atoms with van der Waals surface area (Å²) in [5, 5.41) is 4.32. The predicted molar refractivity (Wildman–Crippen MR) is 58.3 cm³/mol. The Morgan fingerprint density at radius 1 is 1.43 bits per heavy atom. The quantitative estimate of drug-likeness (QED) is 0.605. The lowest BCUT2D eigenvalue weighted by Crippen LogP contribution is -2.30. The number of aromatic nitrogens is 2. The van der Waals surface area contributed by atoms with Gasteiger partial charge in [-0.25, -0.2) is 9.97 Å². The Labute approximate surface area is 88.7 Å². The summed E-state index contributed by atoms with van der Waals surface area (Å²) < 4.78 is 0. The van der Waals surface area contributed by atoms with E-state index in [0.717, 1.165) is 23.4 Å². The van der Waals surface area contributed by atoms with Gasteiger partial charge in [0.15, 0.2) is 5.16 Å². The van der Waals surface area contributed by atoms with Crippen molar-refractivity contribution in [2.24, 2.45) is 5.92 Å². The van der Waals surface area contributed by atoms with Gasteiger partial charge in [0.2, 0.25) is 0 Å². The van der Waals surface area contributed by atoms with Crippen molar-refractivity contribution in [3.05, 3.63) is 18.5 Å². The highest BCUT2D eigenvalue weighted by molar-refractivity contribution is 7.99. The molecule has 4 heteroatoms. The molecule has 0 radical (unpaired) electrons. The molecule has 1 saturated heterocycles. The Bertz CT molecular complexity index is 259. The number of nitrogens with zero attached hydrogens (tertiary/aromatic N) is 2. The Hall–Kier alpha value is -0.610. The van der Waals surface area contributed by atoms with Crippen LogP contribution in [0.4, 0.5) is 0 Å². The third kappa shape index (κ3) is 2.96. The smallest absolute Gasteiger partial charge is 0.187 e. The number of rotatable bonds is 3. The molecule has 2 rings (SSSR count). The Morgan fingerprint density at radius 2 is 2.29 bits per heavy atom.